The number of aromatic nitrogens is 1. The van der Waals surface area contributed by atoms with Crippen LogP contribution in [0.5, 0.6) is 0 Å². The molecule has 1 aromatic heterocycles. The van der Waals surface area contributed by atoms with E-state index in [2.05, 4.69) is 23.7 Å². The molecule has 3 nitrogen and oxygen atoms in total. The van der Waals surface area contributed by atoms with Gasteiger partial charge in [0, 0.05) is 24.2 Å². The van der Waals surface area contributed by atoms with Crippen LogP contribution in [0.1, 0.15) is 20.3 Å². The smallest absolute Gasteiger partial charge is 0.189 e. The third-order valence-corrected chi connectivity index (χ3v) is 3.31. The topological polar surface area (TPSA) is 34.0 Å². The van der Waals surface area contributed by atoms with Gasteiger partial charge >= 0.3 is 0 Å². The van der Waals surface area contributed by atoms with Gasteiger partial charge in [-0.2, -0.15) is 0 Å². The fourth-order valence-corrected chi connectivity index (χ4v) is 2.34. The summed E-state index contributed by atoms with van der Waals surface area (Å²) in [6.07, 6.45) is 3.06. The Hall–Kier alpha value is -1.61. The highest BCUT2D eigenvalue weighted by atomic mass is 16.1. The van der Waals surface area contributed by atoms with Gasteiger partial charge in [0.25, 0.3) is 0 Å². The van der Waals surface area contributed by atoms with E-state index in [4.69, 9.17) is 0 Å². The number of hydrogen-bond acceptors (Lipinski definition) is 2. The van der Waals surface area contributed by atoms with Gasteiger partial charge in [-0.25, -0.2) is 0 Å². The van der Waals surface area contributed by atoms with Crippen molar-refractivity contribution in [2.75, 3.05) is 13.1 Å². The van der Waals surface area contributed by atoms with Gasteiger partial charge in [0.15, 0.2) is 5.43 Å². The van der Waals surface area contributed by atoms with E-state index in [-0.39, 0.29) is 5.43 Å². The fraction of sp³-hybridized carbons (Fsp3) is 0.438. The summed E-state index contributed by atoms with van der Waals surface area (Å²) in [5.41, 5.74) is 1.13. The van der Waals surface area contributed by atoms with Crippen LogP contribution in [0.25, 0.3) is 10.9 Å². The molecule has 2 aromatic rings. The van der Waals surface area contributed by atoms with Crippen LogP contribution in [0.15, 0.2) is 41.3 Å². The zero-order valence-electron chi connectivity index (χ0n) is 11.7. The zero-order valence-corrected chi connectivity index (χ0v) is 11.7. The second-order valence-electron chi connectivity index (χ2n) is 5.16. The number of fused-ring (bicyclic) bond motifs is 1. The van der Waals surface area contributed by atoms with Crippen molar-refractivity contribution in [3.63, 3.8) is 0 Å². The summed E-state index contributed by atoms with van der Waals surface area (Å²) in [5.74, 6) is 0.539. The lowest BCUT2D eigenvalue weighted by atomic mass is 10.1. The molecule has 0 saturated heterocycles. The van der Waals surface area contributed by atoms with Crippen molar-refractivity contribution in [3.05, 3.63) is 46.8 Å². The van der Waals surface area contributed by atoms with Gasteiger partial charge < -0.3 is 9.88 Å². The van der Waals surface area contributed by atoms with Crippen molar-refractivity contribution in [3.8, 4) is 0 Å². The molecule has 0 aliphatic heterocycles. The first kappa shape index (κ1) is 13.8. The number of hydrogen-bond donors (Lipinski definition) is 1. The first-order chi connectivity index (χ1) is 9.22. The molecule has 1 atom stereocenters. The molecular formula is C16H22N2O. The Morgan fingerprint density at radius 2 is 2.05 bits per heavy atom. The van der Waals surface area contributed by atoms with Gasteiger partial charge in [-0.15, -0.1) is 0 Å². The SMILES string of the molecule is CCCNCC(C)Cn1ccc(=O)c2ccccc21. The highest BCUT2D eigenvalue weighted by Gasteiger charge is 2.06. The van der Waals surface area contributed by atoms with Crippen molar-refractivity contribution in [1.29, 1.82) is 0 Å². The van der Waals surface area contributed by atoms with E-state index >= 15 is 0 Å². The lowest BCUT2D eigenvalue weighted by molar-refractivity contribution is 0.451. The lowest BCUT2D eigenvalue weighted by Crippen LogP contribution is -2.25. The van der Waals surface area contributed by atoms with Gasteiger partial charge in [0.05, 0.1) is 5.52 Å². The molecule has 102 valence electrons. The molecule has 1 heterocycles. The third-order valence-electron chi connectivity index (χ3n) is 3.31. The molecule has 0 saturated carbocycles. The largest absolute Gasteiger partial charge is 0.347 e. The monoisotopic (exact) mass is 258 g/mol. The van der Waals surface area contributed by atoms with E-state index in [0.717, 1.165) is 37.0 Å². The van der Waals surface area contributed by atoms with Gasteiger partial charge in [-0.1, -0.05) is 26.0 Å². The van der Waals surface area contributed by atoms with Crippen LogP contribution in [0.2, 0.25) is 0 Å². The molecule has 0 amide bonds. The Morgan fingerprint density at radius 3 is 2.84 bits per heavy atom. The molecule has 1 unspecified atom stereocenters. The van der Waals surface area contributed by atoms with Gasteiger partial charge in [-0.05, 0) is 37.6 Å². The normalized spacial score (nSPS) is 12.7. The quantitative estimate of drug-likeness (QED) is 0.808. The maximum absolute atomic E-state index is 11.8. The van der Waals surface area contributed by atoms with Crippen LogP contribution in [0.3, 0.4) is 0 Å². The summed E-state index contributed by atoms with van der Waals surface area (Å²) in [6.45, 7) is 7.41. The molecule has 0 aliphatic carbocycles. The Labute approximate surface area is 114 Å². The molecule has 0 bridgehead atoms. The Morgan fingerprint density at radius 1 is 1.26 bits per heavy atom. The van der Waals surface area contributed by atoms with Crippen LogP contribution < -0.4 is 10.7 Å². The second kappa shape index (κ2) is 6.53. The molecule has 1 N–H and O–H groups in total. The van der Waals surface area contributed by atoms with E-state index in [1.54, 1.807) is 6.07 Å². The van der Waals surface area contributed by atoms with E-state index < -0.39 is 0 Å². The van der Waals surface area contributed by atoms with E-state index in [9.17, 15) is 4.79 Å². The predicted octanol–water partition coefficient (Wildman–Crippen LogP) is 2.64. The van der Waals surface area contributed by atoms with Crippen LogP contribution in [-0.2, 0) is 6.54 Å². The minimum absolute atomic E-state index is 0.101. The first-order valence-electron chi connectivity index (χ1n) is 7.01. The Kier molecular flexibility index (Phi) is 4.74. The first-order valence-corrected chi connectivity index (χ1v) is 7.01. The van der Waals surface area contributed by atoms with Gasteiger partial charge in [-0.3, -0.25) is 4.79 Å². The van der Waals surface area contributed by atoms with Crippen LogP contribution >= 0.6 is 0 Å². The number of nitrogens with one attached hydrogen (secondary N) is 1. The van der Waals surface area contributed by atoms with Crippen molar-refractivity contribution in [2.24, 2.45) is 5.92 Å². The Bertz CT molecular complexity index is 589. The summed E-state index contributed by atoms with van der Waals surface area (Å²) in [7, 11) is 0. The van der Waals surface area contributed by atoms with Crippen molar-refractivity contribution < 1.29 is 0 Å². The molecule has 19 heavy (non-hydrogen) atoms. The molecule has 0 spiro atoms. The third kappa shape index (κ3) is 3.44. The molecule has 0 fully saturated rings. The number of rotatable bonds is 6. The highest BCUT2D eigenvalue weighted by Crippen LogP contribution is 2.11. The predicted molar refractivity (Wildman–Crippen MR) is 80.5 cm³/mol. The van der Waals surface area contributed by atoms with Crippen LogP contribution in [-0.4, -0.2) is 17.7 Å². The molecular weight excluding hydrogens is 236 g/mol. The molecule has 0 aliphatic rings. The molecule has 2 rings (SSSR count). The van der Waals surface area contributed by atoms with Crippen molar-refractivity contribution in [2.45, 2.75) is 26.8 Å². The number of pyridine rings is 1. The summed E-state index contributed by atoms with van der Waals surface area (Å²) < 4.78 is 2.18. The summed E-state index contributed by atoms with van der Waals surface area (Å²) in [5, 5.41) is 4.24. The van der Waals surface area contributed by atoms with Gasteiger partial charge in [0.2, 0.25) is 0 Å². The van der Waals surface area contributed by atoms with Crippen molar-refractivity contribution >= 4 is 10.9 Å². The number of nitrogens with zero attached hydrogens (tertiary/aromatic N) is 1. The summed E-state index contributed by atoms with van der Waals surface area (Å²) in [6, 6.07) is 9.48. The van der Waals surface area contributed by atoms with Crippen molar-refractivity contribution in [1.82, 2.24) is 9.88 Å². The van der Waals surface area contributed by atoms with Crippen LogP contribution in [0, 0.1) is 5.92 Å². The lowest BCUT2D eigenvalue weighted by Gasteiger charge is -2.16. The van der Waals surface area contributed by atoms with E-state index in [1.165, 1.54) is 0 Å². The van der Waals surface area contributed by atoms with Gasteiger partial charge in [0.1, 0.15) is 0 Å². The molecule has 3 heteroatoms. The van der Waals surface area contributed by atoms with Crippen LogP contribution in [0.4, 0.5) is 0 Å². The minimum Gasteiger partial charge on any atom is -0.347 e. The number of para-hydroxylation sites is 1. The molecule has 1 aromatic carbocycles. The van der Waals surface area contributed by atoms with E-state index in [1.807, 2.05) is 30.5 Å². The Balaban J connectivity index is 2.17. The second-order valence-corrected chi connectivity index (χ2v) is 5.16. The number of benzene rings is 1. The molecule has 0 radical (unpaired) electrons. The minimum atomic E-state index is 0.101. The summed E-state index contributed by atoms with van der Waals surface area (Å²) in [4.78, 5) is 11.8. The average Bonchev–Trinajstić information content (AvgIpc) is 2.43. The maximum Gasteiger partial charge on any atom is 0.189 e. The van der Waals surface area contributed by atoms with E-state index in [0.29, 0.717) is 5.92 Å². The standard InChI is InChI=1S/C16H22N2O/c1-3-9-17-11-13(2)12-18-10-8-16(19)14-6-4-5-7-15(14)18/h4-8,10,13,17H,3,9,11-12H2,1-2H3. The summed E-state index contributed by atoms with van der Waals surface area (Å²) >= 11 is 0. The average molecular weight is 258 g/mol. The highest BCUT2D eigenvalue weighted by molar-refractivity contribution is 5.78. The fourth-order valence-electron chi connectivity index (χ4n) is 2.34. The maximum atomic E-state index is 11.8. The zero-order chi connectivity index (χ0) is 13.7.